The van der Waals surface area contributed by atoms with E-state index in [1.807, 2.05) is 0 Å². The van der Waals surface area contributed by atoms with Crippen LogP contribution in [-0.4, -0.2) is 25.2 Å². The van der Waals surface area contributed by atoms with Crippen LogP contribution >= 0.6 is 0 Å². The summed E-state index contributed by atoms with van der Waals surface area (Å²) in [5.74, 6) is 1.58. The quantitative estimate of drug-likeness (QED) is 0.442. The molecule has 19 heavy (non-hydrogen) atoms. The highest BCUT2D eigenvalue weighted by Gasteiger charge is 2.53. The highest BCUT2D eigenvalue weighted by Crippen LogP contribution is 2.57. The fourth-order valence-electron chi connectivity index (χ4n) is 4.01. The van der Waals surface area contributed by atoms with Crippen LogP contribution < -0.4 is 0 Å². The van der Waals surface area contributed by atoms with E-state index in [4.69, 9.17) is 4.74 Å². The third-order valence-electron chi connectivity index (χ3n) is 4.77. The Hall–Kier alpha value is -1.58. The van der Waals surface area contributed by atoms with Crippen LogP contribution in [-0.2, 0) is 19.1 Å². The molecule has 5 unspecified atom stereocenters. The normalized spacial score (nSPS) is 38.7. The number of hydrogen-bond donors (Lipinski definition) is 0. The summed E-state index contributed by atoms with van der Waals surface area (Å²) >= 11 is 0. The van der Waals surface area contributed by atoms with Crippen molar-refractivity contribution in [1.29, 1.82) is 0 Å². The first-order valence-corrected chi connectivity index (χ1v) is 6.82. The number of rotatable bonds is 3. The summed E-state index contributed by atoms with van der Waals surface area (Å²) in [7, 11) is 1.28. The van der Waals surface area contributed by atoms with Gasteiger partial charge in [-0.15, -0.1) is 0 Å². The van der Waals surface area contributed by atoms with Crippen molar-refractivity contribution in [2.45, 2.75) is 25.4 Å². The topological polar surface area (TPSA) is 52.6 Å². The van der Waals surface area contributed by atoms with Gasteiger partial charge in [-0.05, 0) is 37.0 Å². The minimum absolute atomic E-state index is 0.0174. The van der Waals surface area contributed by atoms with E-state index in [1.165, 1.54) is 20.0 Å². The van der Waals surface area contributed by atoms with Crippen molar-refractivity contribution in [3.8, 4) is 0 Å². The lowest BCUT2D eigenvalue weighted by Gasteiger charge is -2.30. The zero-order chi connectivity index (χ0) is 13.4. The Morgan fingerprint density at radius 2 is 1.95 bits per heavy atom. The van der Waals surface area contributed by atoms with Gasteiger partial charge in [0.25, 0.3) is 0 Å². The van der Waals surface area contributed by atoms with Crippen molar-refractivity contribution >= 4 is 11.9 Å². The monoisotopic (exact) mass is 262 g/mol. The fourth-order valence-corrected chi connectivity index (χ4v) is 4.01. The van der Waals surface area contributed by atoms with Crippen LogP contribution in [0, 0.1) is 23.7 Å². The molecule has 0 saturated heterocycles. The van der Waals surface area contributed by atoms with Crippen LogP contribution in [0.3, 0.4) is 0 Å². The van der Waals surface area contributed by atoms with E-state index in [1.54, 1.807) is 0 Å². The van der Waals surface area contributed by atoms with Gasteiger partial charge in [-0.3, -0.25) is 0 Å². The standard InChI is InChI=1S/C15H18O4/c1-18-14(16)5-6-15(17)19-13-8-9-7-12(13)11-4-2-3-10(9)11/h2,4-6,9-13H,3,7-8H2,1H3. The number of carbonyl (C=O) groups is 2. The molecule has 0 aliphatic heterocycles. The largest absolute Gasteiger partial charge is 0.466 e. The predicted molar refractivity (Wildman–Crippen MR) is 68.0 cm³/mol. The Labute approximate surface area is 112 Å². The van der Waals surface area contributed by atoms with Gasteiger partial charge in [0.05, 0.1) is 7.11 Å². The molecule has 0 aromatic rings. The third kappa shape index (κ3) is 2.20. The van der Waals surface area contributed by atoms with Crippen LogP contribution in [0.4, 0.5) is 0 Å². The molecule has 3 aliphatic rings. The van der Waals surface area contributed by atoms with Crippen molar-refractivity contribution in [3.63, 3.8) is 0 Å². The van der Waals surface area contributed by atoms with E-state index in [-0.39, 0.29) is 6.10 Å². The third-order valence-corrected chi connectivity index (χ3v) is 4.77. The molecule has 102 valence electrons. The lowest BCUT2D eigenvalue weighted by molar-refractivity contribution is -0.147. The molecule has 0 amide bonds. The molecule has 3 rings (SSSR count). The summed E-state index contributed by atoms with van der Waals surface area (Å²) < 4.78 is 9.92. The Bertz CT molecular complexity index is 451. The molecule has 0 heterocycles. The molecular weight excluding hydrogens is 244 g/mol. The number of carbonyl (C=O) groups excluding carboxylic acids is 2. The Kier molecular flexibility index (Phi) is 3.17. The minimum atomic E-state index is -0.538. The minimum Gasteiger partial charge on any atom is -0.466 e. The van der Waals surface area contributed by atoms with Crippen molar-refractivity contribution in [2.24, 2.45) is 23.7 Å². The first kappa shape index (κ1) is 12.5. The molecule has 0 aromatic heterocycles. The van der Waals surface area contributed by atoms with E-state index < -0.39 is 11.9 Å². The van der Waals surface area contributed by atoms with E-state index in [0.29, 0.717) is 17.8 Å². The summed E-state index contributed by atoms with van der Waals surface area (Å²) in [5, 5.41) is 0. The van der Waals surface area contributed by atoms with Gasteiger partial charge in [-0.1, -0.05) is 12.2 Å². The maximum absolute atomic E-state index is 11.7. The first-order valence-electron chi connectivity index (χ1n) is 6.82. The molecular formula is C15H18O4. The summed E-state index contributed by atoms with van der Waals surface area (Å²) in [6.45, 7) is 0. The molecule has 2 saturated carbocycles. The highest BCUT2D eigenvalue weighted by molar-refractivity contribution is 5.91. The second kappa shape index (κ2) is 4.83. The molecule has 0 spiro atoms. The smallest absolute Gasteiger partial charge is 0.331 e. The second-order valence-electron chi connectivity index (χ2n) is 5.63. The van der Waals surface area contributed by atoms with Gasteiger partial charge in [0.2, 0.25) is 0 Å². The summed E-state index contributed by atoms with van der Waals surface area (Å²) in [5.41, 5.74) is 0. The maximum atomic E-state index is 11.7. The van der Waals surface area contributed by atoms with Crippen LogP contribution in [0.25, 0.3) is 0 Å². The highest BCUT2D eigenvalue weighted by atomic mass is 16.5. The van der Waals surface area contributed by atoms with Gasteiger partial charge in [0, 0.05) is 18.1 Å². The lowest BCUT2D eigenvalue weighted by Crippen LogP contribution is -2.31. The predicted octanol–water partition coefficient (Wildman–Crippen LogP) is 1.86. The van der Waals surface area contributed by atoms with Gasteiger partial charge in [-0.25, -0.2) is 9.59 Å². The van der Waals surface area contributed by atoms with Gasteiger partial charge in [0.15, 0.2) is 0 Å². The molecule has 4 nitrogen and oxygen atoms in total. The van der Waals surface area contributed by atoms with Crippen molar-refractivity contribution in [1.82, 2.24) is 0 Å². The average Bonchev–Trinajstić information content (AvgIpc) is 3.07. The molecule has 0 N–H and O–H groups in total. The molecule has 0 aromatic carbocycles. The number of hydrogen-bond acceptors (Lipinski definition) is 4. The molecule has 0 radical (unpaired) electrons. The summed E-state index contributed by atoms with van der Waals surface area (Å²) in [6.07, 6.45) is 10.2. The van der Waals surface area contributed by atoms with Crippen molar-refractivity contribution in [2.75, 3.05) is 7.11 Å². The van der Waals surface area contributed by atoms with Crippen LogP contribution in [0.2, 0.25) is 0 Å². The zero-order valence-corrected chi connectivity index (χ0v) is 11.0. The van der Waals surface area contributed by atoms with Gasteiger partial charge < -0.3 is 9.47 Å². The van der Waals surface area contributed by atoms with Crippen molar-refractivity contribution < 1.29 is 19.1 Å². The van der Waals surface area contributed by atoms with Crippen LogP contribution in [0.15, 0.2) is 24.3 Å². The number of fused-ring (bicyclic) bond motifs is 5. The van der Waals surface area contributed by atoms with E-state index >= 15 is 0 Å². The van der Waals surface area contributed by atoms with E-state index in [0.717, 1.165) is 24.5 Å². The molecule has 5 atom stereocenters. The molecule has 4 heteroatoms. The number of methoxy groups -OCH3 is 1. The van der Waals surface area contributed by atoms with Gasteiger partial charge in [0.1, 0.15) is 6.10 Å². The number of ether oxygens (including phenoxy) is 2. The molecule has 2 fully saturated rings. The molecule has 3 aliphatic carbocycles. The lowest BCUT2D eigenvalue weighted by atomic mass is 9.80. The number of allylic oxidation sites excluding steroid dienone is 2. The number of esters is 2. The summed E-state index contributed by atoms with van der Waals surface area (Å²) in [6, 6.07) is 0. The maximum Gasteiger partial charge on any atom is 0.331 e. The van der Waals surface area contributed by atoms with Gasteiger partial charge >= 0.3 is 11.9 Å². The Balaban J connectivity index is 1.57. The average molecular weight is 262 g/mol. The SMILES string of the molecule is COC(=O)C=CC(=O)OC1CC2CC1C1C=CCC21. The van der Waals surface area contributed by atoms with Crippen LogP contribution in [0.5, 0.6) is 0 Å². The summed E-state index contributed by atoms with van der Waals surface area (Å²) in [4.78, 5) is 22.6. The first-order chi connectivity index (χ1) is 9.19. The van der Waals surface area contributed by atoms with Crippen LogP contribution in [0.1, 0.15) is 19.3 Å². The second-order valence-corrected chi connectivity index (χ2v) is 5.63. The zero-order valence-electron chi connectivity index (χ0n) is 11.0. The fraction of sp³-hybridized carbons (Fsp3) is 0.600. The van der Waals surface area contributed by atoms with Gasteiger partial charge in [-0.2, -0.15) is 0 Å². The van der Waals surface area contributed by atoms with Crippen molar-refractivity contribution in [3.05, 3.63) is 24.3 Å². The van der Waals surface area contributed by atoms with E-state index in [9.17, 15) is 9.59 Å². The Morgan fingerprint density at radius 3 is 2.74 bits per heavy atom. The van der Waals surface area contributed by atoms with E-state index in [2.05, 4.69) is 16.9 Å². The Morgan fingerprint density at radius 1 is 1.16 bits per heavy atom. The molecule has 2 bridgehead atoms.